The van der Waals surface area contributed by atoms with Crippen LogP contribution in [0.25, 0.3) is 11.2 Å². The number of nitrogens with zero attached hydrogens (tertiary/aromatic N) is 4. The van der Waals surface area contributed by atoms with E-state index in [-0.39, 0.29) is 0 Å². The molecule has 2 N–H and O–H groups in total. The third kappa shape index (κ3) is 2.91. The van der Waals surface area contributed by atoms with E-state index in [2.05, 4.69) is 43.8 Å². The van der Waals surface area contributed by atoms with Gasteiger partial charge in [0.15, 0.2) is 5.65 Å². The molecule has 6 heteroatoms. The summed E-state index contributed by atoms with van der Waals surface area (Å²) in [4.78, 5) is 13.4. The van der Waals surface area contributed by atoms with Gasteiger partial charge in [-0.1, -0.05) is 54.9 Å². The largest absolute Gasteiger partial charge is 0.368 e. The number of fused-ring (bicyclic) bond motifs is 1. The first-order valence-electron chi connectivity index (χ1n) is 7.98. The third-order valence-corrected chi connectivity index (χ3v) is 5.38. The van der Waals surface area contributed by atoms with Crippen LogP contribution in [0.2, 0.25) is 0 Å². The van der Waals surface area contributed by atoms with Gasteiger partial charge in [-0.15, -0.1) is 0 Å². The Morgan fingerprint density at radius 1 is 1.13 bits per heavy atom. The fraction of sp³-hybridized carbons (Fsp3) is 0.353. The van der Waals surface area contributed by atoms with Crippen LogP contribution in [0.1, 0.15) is 37.3 Å². The number of nitrogen functional groups attached to an aromatic ring is 1. The van der Waals surface area contributed by atoms with Gasteiger partial charge in [-0.25, -0.2) is 9.97 Å². The van der Waals surface area contributed by atoms with Gasteiger partial charge < -0.3 is 10.3 Å². The Labute approximate surface area is 139 Å². The van der Waals surface area contributed by atoms with E-state index in [9.17, 15) is 0 Å². The molecule has 2 heterocycles. The average Bonchev–Trinajstić information content (AvgIpc) is 3.22. The van der Waals surface area contributed by atoms with Gasteiger partial charge in [-0.05, 0) is 18.4 Å². The van der Waals surface area contributed by atoms with E-state index >= 15 is 0 Å². The third-order valence-electron chi connectivity index (χ3n) is 4.34. The van der Waals surface area contributed by atoms with E-state index in [1.807, 2.05) is 12.4 Å². The molecule has 4 rings (SSSR count). The van der Waals surface area contributed by atoms with Crippen molar-refractivity contribution in [1.82, 2.24) is 19.5 Å². The zero-order valence-corrected chi connectivity index (χ0v) is 13.7. The predicted molar refractivity (Wildman–Crippen MR) is 93.2 cm³/mol. The number of anilines is 1. The maximum Gasteiger partial charge on any atom is 0.223 e. The van der Waals surface area contributed by atoms with Gasteiger partial charge >= 0.3 is 0 Å². The second kappa shape index (κ2) is 6.20. The lowest BCUT2D eigenvalue weighted by Crippen LogP contribution is -2.06. The van der Waals surface area contributed by atoms with Gasteiger partial charge in [0.2, 0.25) is 5.95 Å². The number of thioether (sulfide) groups is 1. The molecule has 2 aromatic heterocycles. The van der Waals surface area contributed by atoms with Crippen molar-refractivity contribution in [3.63, 3.8) is 0 Å². The molecular weight excluding hydrogens is 306 g/mol. The molecule has 0 bridgehead atoms. The number of benzene rings is 1. The molecule has 3 aromatic rings. The van der Waals surface area contributed by atoms with Gasteiger partial charge in [0.05, 0.1) is 6.33 Å². The smallest absolute Gasteiger partial charge is 0.223 e. The first-order valence-corrected chi connectivity index (χ1v) is 8.96. The highest BCUT2D eigenvalue weighted by Crippen LogP contribution is 2.34. The fourth-order valence-electron chi connectivity index (χ4n) is 3.18. The molecule has 0 radical (unpaired) electrons. The van der Waals surface area contributed by atoms with Crippen molar-refractivity contribution in [3.8, 4) is 0 Å². The summed E-state index contributed by atoms with van der Waals surface area (Å²) in [5, 5.41) is 0.869. The van der Waals surface area contributed by atoms with Crippen molar-refractivity contribution in [1.29, 1.82) is 0 Å². The summed E-state index contributed by atoms with van der Waals surface area (Å²) in [7, 11) is 0. The number of rotatable bonds is 4. The Bertz CT molecular complexity index is 808. The Hall–Kier alpha value is -2.08. The van der Waals surface area contributed by atoms with E-state index in [0.29, 0.717) is 12.0 Å². The molecule has 0 saturated heterocycles. The summed E-state index contributed by atoms with van der Waals surface area (Å²) < 4.78 is 2.19. The zero-order valence-electron chi connectivity index (χ0n) is 12.9. The molecule has 1 fully saturated rings. The van der Waals surface area contributed by atoms with Crippen LogP contribution in [0.4, 0.5) is 5.95 Å². The van der Waals surface area contributed by atoms with Gasteiger partial charge in [0.25, 0.3) is 0 Å². The van der Waals surface area contributed by atoms with Crippen molar-refractivity contribution < 1.29 is 0 Å². The summed E-state index contributed by atoms with van der Waals surface area (Å²) in [6.07, 6.45) is 6.85. The quantitative estimate of drug-likeness (QED) is 0.583. The van der Waals surface area contributed by atoms with Crippen molar-refractivity contribution in [3.05, 3.63) is 42.2 Å². The van der Waals surface area contributed by atoms with Gasteiger partial charge in [-0.3, -0.25) is 0 Å². The standard InChI is InChI=1S/C17H19N5S/c18-17-20-15-14(19-11-22(15)13-8-4-5-9-13)16(21-17)23-10-12-6-2-1-3-7-12/h1-3,6-7,11,13H,4-5,8-10H2,(H2,18,20,21). The van der Waals surface area contributed by atoms with Crippen LogP contribution < -0.4 is 5.73 Å². The van der Waals surface area contributed by atoms with Crippen LogP contribution in [0.3, 0.4) is 0 Å². The summed E-state index contributed by atoms with van der Waals surface area (Å²) in [6.45, 7) is 0. The topological polar surface area (TPSA) is 69.6 Å². The number of hydrogen-bond acceptors (Lipinski definition) is 5. The highest BCUT2D eigenvalue weighted by Gasteiger charge is 2.21. The van der Waals surface area contributed by atoms with Gasteiger partial charge in [0, 0.05) is 11.8 Å². The Morgan fingerprint density at radius 3 is 2.70 bits per heavy atom. The second-order valence-corrected chi connectivity index (χ2v) is 6.89. The molecule has 0 spiro atoms. The number of aromatic nitrogens is 4. The zero-order chi connectivity index (χ0) is 15.6. The van der Waals surface area contributed by atoms with E-state index in [4.69, 9.17) is 5.73 Å². The Morgan fingerprint density at radius 2 is 1.91 bits per heavy atom. The van der Waals surface area contributed by atoms with E-state index in [1.165, 1.54) is 31.2 Å². The molecule has 118 valence electrons. The fourth-order valence-corrected chi connectivity index (χ4v) is 4.12. The molecule has 5 nitrogen and oxygen atoms in total. The monoisotopic (exact) mass is 325 g/mol. The highest BCUT2D eigenvalue weighted by molar-refractivity contribution is 7.98. The van der Waals surface area contributed by atoms with Gasteiger partial charge in [-0.2, -0.15) is 4.98 Å². The minimum absolute atomic E-state index is 0.327. The number of hydrogen-bond donors (Lipinski definition) is 1. The molecule has 23 heavy (non-hydrogen) atoms. The van der Waals surface area contributed by atoms with Crippen molar-refractivity contribution in [2.75, 3.05) is 5.73 Å². The molecule has 0 atom stereocenters. The highest BCUT2D eigenvalue weighted by atomic mass is 32.2. The summed E-state index contributed by atoms with van der Waals surface area (Å²) in [5.74, 6) is 1.18. The predicted octanol–water partition coefficient (Wildman–Crippen LogP) is 3.82. The van der Waals surface area contributed by atoms with Gasteiger partial charge in [0.1, 0.15) is 10.5 Å². The van der Waals surface area contributed by atoms with Crippen LogP contribution >= 0.6 is 11.8 Å². The molecule has 1 aliphatic carbocycles. The minimum Gasteiger partial charge on any atom is -0.368 e. The van der Waals surface area contributed by atoms with Crippen molar-refractivity contribution in [2.24, 2.45) is 0 Å². The maximum absolute atomic E-state index is 5.94. The Kier molecular flexibility index (Phi) is 3.91. The first-order chi connectivity index (χ1) is 11.3. The maximum atomic E-state index is 5.94. The lowest BCUT2D eigenvalue weighted by molar-refractivity contribution is 0.529. The van der Waals surface area contributed by atoms with Crippen molar-refractivity contribution in [2.45, 2.75) is 42.5 Å². The first kappa shape index (κ1) is 14.5. The van der Waals surface area contributed by atoms with Crippen LogP contribution in [-0.2, 0) is 5.75 Å². The van der Waals surface area contributed by atoms with E-state index < -0.39 is 0 Å². The molecule has 0 amide bonds. The van der Waals surface area contributed by atoms with Crippen LogP contribution in [0, 0.1) is 0 Å². The molecule has 1 aliphatic rings. The second-order valence-electron chi connectivity index (χ2n) is 5.92. The summed E-state index contributed by atoms with van der Waals surface area (Å²) in [5.41, 5.74) is 8.95. The molecule has 0 aliphatic heterocycles. The normalized spacial score (nSPS) is 15.5. The lowest BCUT2D eigenvalue weighted by Gasteiger charge is -2.11. The Balaban J connectivity index is 1.66. The molecule has 0 unspecified atom stereocenters. The molecule has 1 aromatic carbocycles. The average molecular weight is 325 g/mol. The number of imidazole rings is 1. The molecular formula is C17H19N5S. The summed E-state index contributed by atoms with van der Waals surface area (Å²) >= 11 is 1.67. The van der Waals surface area contributed by atoms with E-state index in [1.54, 1.807) is 11.8 Å². The minimum atomic E-state index is 0.327. The van der Waals surface area contributed by atoms with Crippen LogP contribution in [0.5, 0.6) is 0 Å². The van der Waals surface area contributed by atoms with Crippen LogP contribution in [0.15, 0.2) is 41.7 Å². The van der Waals surface area contributed by atoms with Crippen molar-refractivity contribution >= 4 is 28.9 Å². The summed E-state index contributed by atoms with van der Waals surface area (Å²) in [6, 6.07) is 10.9. The SMILES string of the molecule is Nc1nc(SCc2ccccc2)c2ncn(C3CCCC3)c2n1. The van der Waals surface area contributed by atoms with Crippen LogP contribution in [-0.4, -0.2) is 19.5 Å². The molecule has 1 saturated carbocycles. The van der Waals surface area contributed by atoms with E-state index in [0.717, 1.165) is 21.9 Å². The lowest BCUT2D eigenvalue weighted by atomic mass is 10.2. The number of nitrogens with two attached hydrogens (primary N) is 1.